The van der Waals surface area contributed by atoms with E-state index in [-0.39, 0.29) is 6.29 Å². The Morgan fingerprint density at radius 3 is 2.42 bits per heavy atom. The molecule has 6 heteroatoms. The molecule has 68 valence electrons. The molecular formula is C6H8O6. The Morgan fingerprint density at radius 2 is 2.08 bits per heavy atom. The Balaban J connectivity index is 2.70. The molecule has 0 unspecified atom stereocenters. The van der Waals surface area contributed by atoms with Gasteiger partial charge in [0.05, 0.1) is 0 Å². The van der Waals surface area contributed by atoms with Crippen LogP contribution in [0.2, 0.25) is 0 Å². The molecule has 1 heterocycles. The number of aldehydes is 1. The smallest absolute Gasteiger partial charge is 0.338 e. The van der Waals surface area contributed by atoms with Crippen LogP contribution in [0.3, 0.4) is 0 Å². The Hall–Kier alpha value is -0.980. The molecule has 0 spiro atoms. The average molecular weight is 176 g/mol. The van der Waals surface area contributed by atoms with E-state index in [0.717, 1.165) is 0 Å². The van der Waals surface area contributed by atoms with Gasteiger partial charge in [0, 0.05) is 0 Å². The molecule has 0 aromatic carbocycles. The summed E-state index contributed by atoms with van der Waals surface area (Å²) in [4.78, 5) is 20.6. The van der Waals surface area contributed by atoms with Gasteiger partial charge >= 0.3 is 5.97 Å². The SMILES string of the molecule is O=C[C@H](O)[C@@H]1OC(=O)[C@@H](O)[C@H]1O. The van der Waals surface area contributed by atoms with Crippen molar-refractivity contribution in [3.63, 3.8) is 0 Å². The summed E-state index contributed by atoms with van der Waals surface area (Å²) in [7, 11) is 0. The van der Waals surface area contributed by atoms with Crippen molar-refractivity contribution in [1.82, 2.24) is 0 Å². The maximum absolute atomic E-state index is 10.6. The van der Waals surface area contributed by atoms with Crippen LogP contribution >= 0.6 is 0 Å². The van der Waals surface area contributed by atoms with Crippen LogP contribution in [-0.4, -0.2) is 52.0 Å². The molecule has 6 nitrogen and oxygen atoms in total. The van der Waals surface area contributed by atoms with Crippen LogP contribution < -0.4 is 0 Å². The fraction of sp³-hybridized carbons (Fsp3) is 0.667. The molecule has 0 aromatic heterocycles. The molecule has 0 saturated carbocycles. The molecule has 0 aromatic rings. The number of aliphatic hydroxyl groups excluding tert-OH is 3. The largest absolute Gasteiger partial charge is 0.454 e. The minimum absolute atomic E-state index is 0.124. The van der Waals surface area contributed by atoms with Gasteiger partial charge in [0.1, 0.15) is 12.2 Å². The van der Waals surface area contributed by atoms with E-state index in [0.29, 0.717) is 0 Å². The third-order valence-corrected chi connectivity index (χ3v) is 1.63. The third kappa shape index (κ3) is 1.31. The predicted octanol–water partition coefficient (Wildman–Crippen LogP) is -2.81. The topological polar surface area (TPSA) is 104 Å². The summed E-state index contributed by atoms with van der Waals surface area (Å²) in [5.74, 6) is -1.03. The number of hydrogen-bond donors (Lipinski definition) is 3. The minimum Gasteiger partial charge on any atom is -0.454 e. The standard InChI is InChI=1S/C6H8O6/c7-1-2(8)5-3(9)4(10)6(11)12-5/h1-5,8-10H/t2-,3+,4-,5-/m0/s1. The summed E-state index contributed by atoms with van der Waals surface area (Å²) in [5, 5.41) is 26.7. The highest BCUT2D eigenvalue weighted by atomic mass is 16.6. The lowest BCUT2D eigenvalue weighted by Crippen LogP contribution is -2.39. The van der Waals surface area contributed by atoms with E-state index >= 15 is 0 Å². The van der Waals surface area contributed by atoms with Crippen molar-refractivity contribution in [1.29, 1.82) is 0 Å². The molecule has 3 N–H and O–H groups in total. The first kappa shape index (κ1) is 9.11. The molecule has 0 radical (unpaired) electrons. The van der Waals surface area contributed by atoms with Crippen LogP contribution in [0.25, 0.3) is 0 Å². The number of aliphatic hydroxyl groups is 3. The second-order valence-electron chi connectivity index (χ2n) is 2.46. The molecule has 1 fully saturated rings. The van der Waals surface area contributed by atoms with E-state index in [4.69, 9.17) is 15.3 Å². The zero-order chi connectivity index (χ0) is 9.30. The number of esters is 1. The molecule has 0 aliphatic carbocycles. The Kier molecular flexibility index (Phi) is 2.41. The van der Waals surface area contributed by atoms with Gasteiger partial charge < -0.3 is 24.9 Å². The number of carbonyl (C=O) groups is 2. The third-order valence-electron chi connectivity index (χ3n) is 1.63. The number of cyclic esters (lactones) is 1. The van der Waals surface area contributed by atoms with E-state index in [1.807, 2.05) is 0 Å². The second kappa shape index (κ2) is 3.18. The van der Waals surface area contributed by atoms with Gasteiger partial charge in [-0.2, -0.15) is 0 Å². The summed E-state index contributed by atoms with van der Waals surface area (Å²) >= 11 is 0. The van der Waals surface area contributed by atoms with Gasteiger partial charge in [-0.15, -0.1) is 0 Å². The number of carbonyl (C=O) groups excluding carboxylic acids is 2. The molecule has 4 atom stereocenters. The Bertz CT molecular complexity index is 202. The highest BCUT2D eigenvalue weighted by Gasteiger charge is 2.46. The maximum atomic E-state index is 10.6. The van der Waals surface area contributed by atoms with Crippen LogP contribution in [0.15, 0.2) is 0 Å². The van der Waals surface area contributed by atoms with Gasteiger partial charge in [0.15, 0.2) is 18.5 Å². The summed E-state index contributed by atoms with van der Waals surface area (Å²) in [6.07, 6.45) is -6.05. The van der Waals surface area contributed by atoms with E-state index in [9.17, 15) is 9.59 Å². The minimum atomic E-state index is -1.68. The first-order valence-corrected chi connectivity index (χ1v) is 3.28. The summed E-state index contributed by atoms with van der Waals surface area (Å²) in [6.45, 7) is 0. The molecular weight excluding hydrogens is 168 g/mol. The van der Waals surface area contributed by atoms with E-state index in [1.54, 1.807) is 0 Å². The van der Waals surface area contributed by atoms with Crippen molar-refractivity contribution >= 4 is 12.3 Å². The summed E-state index contributed by atoms with van der Waals surface area (Å²) < 4.78 is 4.32. The fourth-order valence-corrected chi connectivity index (χ4v) is 0.942. The molecule has 0 bridgehead atoms. The van der Waals surface area contributed by atoms with Crippen LogP contribution in [0.1, 0.15) is 0 Å². The Morgan fingerprint density at radius 1 is 1.50 bits per heavy atom. The lowest BCUT2D eigenvalue weighted by atomic mass is 10.1. The van der Waals surface area contributed by atoms with E-state index in [2.05, 4.69) is 4.74 Å². The highest BCUT2D eigenvalue weighted by Crippen LogP contribution is 2.17. The van der Waals surface area contributed by atoms with Crippen molar-refractivity contribution in [2.45, 2.75) is 24.4 Å². The summed E-state index contributed by atoms with van der Waals surface area (Å²) in [5.41, 5.74) is 0. The van der Waals surface area contributed by atoms with Crippen molar-refractivity contribution in [2.24, 2.45) is 0 Å². The van der Waals surface area contributed by atoms with Crippen molar-refractivity contribution < 1.29 is 29.6 Å². The highest BCUT2D eigenvalue weighted by molar-refractivity contribution is 5.78. The second-order valence-corrected chi connectivity index (χ2v) is 2.46. The lowest BCUT2D eigenvalue weighted by molar-refractivity contribution is -0.151. The van der Waals surface area contributed by atoms with Crippen molar-refractivity contribution in [3.05, 3.63) is 0 Å². The molecule has 0 amide bonds. The van der Waals surface area contributed by atoms with Crippen LogP contribution in [0, 0.1) is 0 Å². The maximum Gasteiger partial charge on any atom is 0.338 e. The molecule has 1 aliphatic rings. The number of rotatable bonds is 2. The molecule has 1 aliphatic heterocycles. The first-order valence-electron chi connectivity index (χ1n) is 3.28. The van der Waals surface area contributed by atoms with Gasteiger partial charge in [-0.3, -0.25) is 0 Å². The van der Waals surface area contributed by atoms with Crippen molar-refractivity contribution in [2.75, 3.05) is 0 Å². The zero-order valence-electron chi connectivity index (χ0n) is 5.95. The summed E-state index contributed by atoms with van der Waals surface area (Å²) in [6, 6.07) is 0. The van der Waals surface area contributed by atoms with Crippen LogP contribution in [-0.2, 0) is 14.3 Å². The average Bonchev–Trinajstić information content (AvgIpc) is 2.32. The normalized spacial score (nSPS) is 37.6. The van der Waals surface area contributed by atoms with E-state index < -0.39 is 30.4 Å². The van der Waals surface area contributed by atoms with Crippen LogP contribution in [0.4, 0.5) is 0 Å². The lowest BCUT2D eigenvalue weighted by Gasteiger charge is -2.14. The van der Waals surface area contributed by atoms with Gasteiger partial charge in [0.25, 0.3) is 0 Å². The molecule has 12 heavy (non-hydrogen) atoms. The van der Waals surface area contributed by atoms with Crippen molar-refractivity contribution in [3.8, 4) is 0 Å². The van der Waals surface area contributed by atoms with Gasteiger partial charge in [0.2, 0.25) is 0 Å². The fourth-order valence-electron chi connectivity index (χ4n) is 0.942. The number of hydrogen-bond acceptors (Lipinski definition) is 6. The monoisotopic (exact) mass is 176 g/mol. The van der Waals surface area contributed by atoms with Gasteiger partial charge in [-0.25, -0.2) is 4.79 Å². The van der Waals surface area contributed by atoms with E-state index in [1.165, 1.54) is 0 Å². The Labute approximate surface area is 67.4 Å². The quantitative estimate of drug-likeness (QED) is 0.310. The van der Waals surface area contributed by atoms with Gasteiger partial charge in [-0.1, -0.05) is 0 Å². The molecule has 1 saturated heterocycles. The van der Waals surface area contributed by atoms with Crippen LogP contribution in [0.5, 0.6) is 0 Å². The predicted molar refractivity (Wildman–Crippen MR) is 34.0 cm³/mol. The number of ether oxygens (including phenoxy) is 1. The van der Waals surface area contributed by atoms with Gasteiger partial charge in [-0.05, 0) is 0 Å². The first-order chi connectivity index (χ1) is 5.57. The zero-order valence-corrected chi connectivity index (χ0v) is 5.95. The molecule has 1 rings (SSSR count).